The predicted octanol–water partition coefficient (Wildman–Crippen LogP) is 7.60. The Morgan fingerprint density at radius 3 is 2.56 bits per heavy atom. The molecule has 0 fully saturated rings. The van der Waals surface area contributed by atoms with Crippen LogP contribution in [0.15, 0.2) is 57.4 Å². The minimum absolute atomic E-state index is 0.0453. The van der Waals surface area contributed by atoms with Crippen molar-refractivity contribution < 1.29 is 23.9 Å². The lowest BCUT2D eigenvalue weighted by molar-refractivity contribution is -0.113. The number of unbranched alkanes of at least 4 members (excludes halogenated alkanes) is 4. The number of alkyl halides is 1. The standard InChI is InChI=1S/C28H23I3O5/c1-2-3-4-5-6-11-22(32)15-12-18-25(21(30)13-15)35-26-19(14-20(29)24(33)23(26)31)28(18)17-10-8-7-9-16(17)27(34)36-28/h7-10,12-14,20H,2-6,11H2,1H3. The lowest BCUT2D eigenvalue weighted by Gasteiger charge is -2.40. The monoisotopic (exact) mass is 820 g/mol. The summed E-state index contributed by atoms with van der Waals surface area (Å²) >= 11 is 6.28. The first-order chi connectivity index (χ1) is 17.3. The van der Waals surface area contributed by atoms with E-state index in [0.717, 1.165) is 29.3 Å². The maximum Gasteiger partial charge on any atom is 0.340 e. The van der Waals surface area contributed by atoms with Crippen LogP contribution in [0.25, 0.3) is 0 Å². The molecule has 2 aromatic carbocycles. The Labute approximate surface area is 250 Å². The van der Waals surface area contributed by atoms with Gasteiger partial charge in [0.15, 0.2) is 22.9 Å². The van der Waals surface area contributed by atoms with Crippen molar-refractivity contribution in [2.24, 2.45) is 0 Å². The van der Waals surface area contributed by atoms with Gasteiger partial charge in [0.25, 0.3) is 0 Å². The second-order valence-electron chi connectivity index (χ2n) is 9.13. The third kappa shape index (κ3) is 4.28. The molecule has 5 rings (SSSR count). The zero-order chi connectivity index (χ0) is 25.6. The van der Waals surface area contributed by atoms with E-state index in [0.29, 0.717) is 49.3 Å². The number of benzene rings is 2. The fraction of sp³-hybridized carbons (Fsp3) is 0.321. The number of carbonyl (C=O) groups is 3. The number of ether oxygens (including phenoxy) is 2. The minimum Gasteiger partial charge on any atom is -0.454 e. The molecule has 0 amide bonds. The number of allylic oxidation sites excluding steroid dienone is 2. The summed E-state index contributed by atoms with van der Waals surface area (Å²) in [4.78, 5) is 39.2. The summed E-state index contributed by atoms with van der Waals surface area (Å²) in [7, 11) is 0. The van der Waals surface area contributed by atoms with E-state index in [2.05, 4.69) is 52.1 Å². The van der Waals surface area contributed by atoms with Crippen LogP contribution in [0.4, 0.5) is 0 Å². The van der Waals surface area contributed by atoms with Crippen LogP contribution in [0.2, 0.25) is 0 Å². The lowest BCUT2D eigenvalue weighted by Crippen LogP contribution is -2.40. The Balaban J connectivity index is 1.68. The van der Waals surface area contributed by atoms with Crippen LogP contribution >= 0.6 is 67.8 Å². The van der Waals surface area contributed by atoms with Gasteiger partial charge in [-0.1, -0.05) is 79.5 Å². The fourth-order valence-corrected chi connectivity index (χ4v) is 7.78. The number of rotatable bonds is 7. The molecular formula is C28H23I3O5. The second-order valence-corrected chi connectivity index (χ2v) is 12.7. The van der Waals surface area contributed by atoms with Crippen molar-refractivity contribution in [3.8, 4) is 5.75 Å². The molecule has 2 aliphatic heterocycles. The van der Waals surface area contributed by atoms with E-state index in [4.69, 9.17) is 9.47 Å². The summed E-state index contributed by atoms with van der Waals surface area (Å²) in [6.45, 7) is 2.17. The average Bonchev–Trinajstić information content (AvgIpc) is 3.16. The SMILES string of the molecule is CCCCCCCC(=O)c1cc(I)c2c(c1)C1(OC(=O)c3ccccc31)C1=CC(I)C(=O)C(I)=C1O2. The molecule has 1 aliphatic carbocycles. The first-order valence-corrected chi connectivity index (χ1v) is 15.4. The molecule has 0 bridgehead atoms. The molecule has 0 N–H and O–H groups in total. The Morgan fingerprint density at radius 1 is 1.03 bits per heavy atom. The Bertz CT molecular complexity index is 1360. The van der Waals surface area contributed by atoms with Gasteiger partial charge in [0.05, 0.1) is 13.1 Å². The highest BCUT2D eigenvalue weighted by Crippen LogP contribution is 2.58. The quantitative estimate of drug-likeness (QED) is 0.0948. The van der Waals surface area contributed by atoms with Gasteiger partial charge in [-0.15, -0.1) is 0 Å². The second kappa shape index (κ2) is 10.5. The van der Waals surface area contributed by atoms with E-state index < -0.39 is 15.5 Å². The van der Waals surface area contributed by atoms with Crippen molar-refractivity contribution >= 4 is 85.3 Å². The molecule has 3 aliphatic rings. The molecule has 1 spiro atoms. The summed E-state index contributed by atoms with van der Waals surface area (Å²) in [5.41, 5.74) is 1.73. The van der Waals surface area contributed by atoms with Gasteiger partial charge in [0.1, 0.15) is 9.33 Å². The van der Waals surface area contributed by atoms with Crippen molar-refractivity contribution in [1.29, 1.82) is 0 Å². The van der Waals surface area contributed by atoms with Gasteiger partial charge >= 0.3 is 5.97 Å². The normalized spacial score (nSPS) is 22.0. The molecule has 36 heavy (non-hydrogen) atoms. The highest BCUT2D eigenvalue weighted by molar-refractivity contribution is 14.1. The molecule has 2 unspecified atom stereocenters. The third-order valence-electron chi connectivity index (χ3n) is 6.83. The van der Waals surface area contributed by atoms with Crippen LogP contribution in [0.1, 0.15) is 77.3 Å². The van der Waals surface area contributed by atoms with Crippen molar-refractivity contribution in [3.63, 3.8) is 0 Å². The fourth-order valence-electron chi connectivity index (χ4n) is 5.04. The number of carbonyl (C=O) groups excluding carboxylic acids is 3. The van der Waals surface area contributed by atoms with E-state index in [1.54, 1.807) is 6.07 Å². The van der Waals surface area contributed by atoms with E-state index in [-0.39, 0.29) is 11.6 Å². The molecule has 0 saturated carbocycles. The van der Waals surface area contributed by atoms with Crippen LogP contribution in [0.3, 0.4) is 0 Å². The number of fused-ring (bicyclic) bond motifs is 6. The molecule has 186 valence electrons. The Hall–Kier alpha value is -1.28. The summed E-state index contributed by atoms with van der Waals surface area (Å²) < 4.78 is 13.4. The molecule has 2 atom stereocenters. The maximum absolute atomic E-state index is 13.2. The number of esters is 1. The van der Waals surface area contributed by atoms with E-state index in [1.165, 1.54) is 6.42 Å². The minimum atomic E-state index is -1.28. The van der Waals surface area contributed by atoms with Crippen molar-refractivity contribution in [1.82, 2.24) is 0 Å². The molecule has 0 saturated heterocycles. The molecule has 2 heterocycles. The van der Waals surface area contributed by atoms with E-state index >= 15 is 0 Å². The zero-order valence-electron chi connectivity index (χ0n) is 19.5. The van der Waals surface area contributed by atoms with Gasteiger partial charge in [0, 0.05) is 28.7 Å². The van der Waals surface area contributed by atoms with Crippen LogP contribution in [0.5, 0.6) is 5.75 Å². The molecule has 8 heteroatoms. The zero-order valence-corrected chi connectivity index (χ0v) is 26.0. The summed E-state index contributed by atoms with van der Waals surface area (Å²) in [6, 6.07) is 11.0. The van der Waals surface area contributed by atoms with Gasteiger partial charge in [0.2, 0.25) is 0 Å². The van der Waals surface area contributed by atoms with Crippen molar-refractivity contribution in [2.45, 2.75) is 55.0 Å². The highest BCUT2D eigenvalue weighted by atomic mass is 127. The van der Waals surface area contributed by atoms with Crippen LogP contribution < -0.4 is 4.74 Å². The van der Waals surface area contributed by atoms with E-state index in [1.807, 2.05) is 59.0 Å². The van der Waals surface area contributed by atoms with Crippen LogP contribution in [-0.2, 0) is 15.1 Å². The molecular weight excluding hydrogens is 797 g/mol. The molecule has 5 nitrogen and oxygen atoms in total. The van der Waals surface area contributed by atoms with Gasteiger partial charge < -0.3 is 9.47 Å². The van der Waals surface area contributed by atoms with Gasteiger partial charge in [-0.25, -0.2) is 4.79 Å². The number of ketones is 2. The summed E-state index contributed by atoms with van der Waals surface area (Å²) in [5, 5.41) is 0. The molecule has 0 aromatic heterocycles. The molecule has 0 radical (unpaired) electrons. The first kappa shape index (κ1) is 26.3. The van der Waals surface area contributed by atoms with Gasteiger partial charge in [-0.05, 0) is 69.8 Å². The Morgan fingerprint density at radius 2 is 1.78 bits per heavy atom. The summed E-state index contributed by atoms with van der Waals surface area (Å²) in [5.74, 6) is 0.517. The summed E-state index contributed by atoms with van der Waals surface area (Å²) in [6.07, 6.45) is 7.65. The number of hydrogen-bond donors (Lipinski definition) is 0. The topological polar surface area (TPSA) is 69.7 Å². The van der Waals surface area contributed by atoms with Gasteiger partial charge in [-0.3, -0.25) is 9.59 Å². The number of halogens is 3. The third-order valence-corrected chi connectivity index (χ3v) is 9.58. The van der Waals surface area contributed by atoms with E-state index in [9.17, 15) is 14.4 Å². The Kier molecular flexibility index (Phi) is 7.66. The maximum atomic E-state index is 13.2. The van der Waals surface area contributed by atoms with Crippen molar-refractivity contribution in [2.75, 3.05) is 0 Å². The first-order valence-electron chi connectivity index (χ1n) is 12.0. The number of Topliss-reactive ketones (excluding diaryl/α,β-unsaturated/α-hetero) is 2. The van der Waals surface area contributed by atoms with Crippen LogP contribution in [0, 0.1) is 3.57 Å². The average molecular weight is 820 g/mol. The lowest BCUT2D eigenvalue weighted by atomic mass is 9.74. The smallest absolute Gasteiger partial charge is 0.340 e. The largest absolute Gasteiger partial charge is 0.454 e. The highest BCUT2D eigenvalue weighted by Gasteiger charge is 2.57. The number of hydrogen-bond acceptors (Lipinski definition) is 5. The predicted molar refractivity (Wildman–Crippen MR) is 162 cm³/mol. The molecule has 2 aromatic rings. The van der Waals surface area contributed by atoms with Crippen molar-refractivity contribution in [3.05, 3.63) is 83.2 Å². The van der Waals surface area contributed by atoms with Gasteiger partial charge in [-0.2, -0.15) is 0 Å². The van der Waals surface area contributed by atoms with Crippen LogP contribution in [-0.4, -0.2) is 21.5 Å².